The molecule has 0 heterocycles. The monoisotopic (exact) mass is 187 g/mol. The molecule has 0 aliphatic heterocycles. The Bertz CT molecular complexity index is 212. The number of carbonyl (C=O) groups is 2. The van der Waals surface area contributed by atoms with Crippen molar-refractivity contribution in [3.05, 3.63) is 12.2 Å². The molecule has 0 rings (SSSR count). The van der Waals surface area contributed by atoms with Gasteiger partial charge < -0.3 is 15.6 Å². The van der Waals surface area contributed by atoms with Crippen LogP contribution in [-0.4, -0.2) is 29.7 Å². The summed E-state index contributed by atoms with van der Waals surface area (Å²) in [6.45, 7) is 1.99. The van der Waals surface area contributed by atoms with E-state index in [2.05, 4.69) is 4.74 Å². The van der Waals surface area contributed by atoms with E-state index >= 15 is 0 Å². The van der Waals surface area contributed by atoms with Gasteiger partial charge >= 0.3 is 11.9 Å². The molecule has 0 fully saturated rings. The topological polar surface area (TPSA) is 89.6 Å². The van der Waals surface area contributed by atoms with Gasteiger partial charge in [-0.1, -0.05) is 6.08 Å². The van der Waals surface area contributed by atoms with Gasteiger partial charge in [0, 0.05) is 6.08 Å². The molecule has 0 unspecified atom stereocenters. The number of carboxylic acids is 1. The van der Waals surface area contributed by atoms with Crippen LogP contribution >= 0.6 is 0 Å². The van der Waals surface area contributed by atoms with E-state index in [0.29, 0.717) is 6.61 Å². The van der Waals surface area contributed by atoms with Gasteiger partial charge in [-0.15, -0.1) is 0 Å². The summed E-state index contributed by atoms with van der Waals surface area (Å²) in [6, 6.07) is -0.967. The molecular weight excluding hydrogens is 174 g/mol. The standard InChI is InChI=1S/C8H13NO4/c1-2-13-7(10)5-3-4-6(9)8(11)12/h3,5-6H,2,4,9H2,1H3,(H,11,12)/b5-3+/t6-/m1/s1. The molecule has 0 spiro atoms. The fourth-order valence-corrected chi connectivity index (χ4v) is 0.602. The first-order valence-corrected chi connectivity index (χ1v) is 3.89. The maximum Gasteiger partial charge on any atom is 0.330 e. The van der Waals surface area contributed by atoms with Gasteiger partial charge in [0.15, 0.2) is 0 Å². The minimum Gasteiger partial charge on any atom is -0.480 e. The number of carbonyl (C=O) groups excluding carboxylic acids is 1. The Hall–Kier alpha value is -1.36. The van der Waals surface area contributed by atoms with Gasteiger partial charge in [-0.2, -0.15) is 0 Å². The van der Waals surface area contributed by atoms with Crippen LogP contribution in [0.1, 0.15) is 13.3 Å². The van der Waals surface area contributed by atoms with Crippen molar-refractivity contribution in [2.75, 3.05) is 6.61 Å². The van der Waals surface area contributed by atoms with Crippen LogP contribution in [-0.2, 0) is 14.3 Å². The Kier molecular flexibility index (Phi) is 5.54. The zero-order valence-corrected chi connectivity index (χ0v) is 7.40. The van der Waals surface area contributed by atoms with Gasteiger partial charge in [0.25, 0.3) is 0 Å². The molecule has 5 heteroatoms. The number of hydrogen-bond acceptors (Lipinski definition) is 4. The number of esters is 1. The van der Waals surface area contributed by atoms with Crippen molar-refractivity contribution in [1.29, 1.82) is 0 Å². The highest BCUT2D eigenvalue weighted by Crippen LogP contribution is 1.91. The zero-order chi connectivity index (χ0) is 10.3. The number of hydrogen-bond donors (Lipinski definition) is 2. The maximum atomic E-state index is 10.7. The van der Waals surface area contributed by atoms with Crippen molar-refractivity contribution in [3.63, 3.8) is 0 Å². The van der Waals surface area contributed by atoms with Crippen molar-refractivity contribution >= 4 is 11.9 Å². The first-order valence-electron chi connectivity index (χ1n) is 3.89. The molecule has 0 saturated heterocycles. The molecule has 3 N–H and O–H groups in total. The van der Waals surface area contributed by atoms with E-state index in [0.717, 1.165) is 0 Å². The molecular formula is C8H13NO4. The smallest absolute Gasteiger partial charge is 0.330 e. The normalized spacial score (nSPS) is 12.8. The number of carboxylic acid groups (broad SMARTS) is 1. The summed E-state index contributed by atoms with van der Waals surface area (Å²) >= 11 is 0. The Morgan fingerprint density at radius 2 is 2.23 bits per heavy atom. The maximum absolute atomic E-state index is 10.7. The third kappa shape index (κ3) is 5.86. The number of ether oxygens (including phenoxy) is 1. The lowest BCUT2D eigenvalue weighted by atomic mass is 10.2. The summed E-state index contributed by atoms with van der Waals surface area (Å²) in [5, 5.41) is 8.38. The van der Waals surface area contributed by atoms with Crippen LogP contribution in [0.2, 0.25) is 0 Å². The minimum absolute atomic E-state index is 0.119. The van der Waals surface area contributed by atoms with Gasteiger partial charge in [0.1, 0.15) is 6.04 Å². The molecule has 0 aliphatic carbocycles. The van der Waals surface area contributed by atoms with Crippen LogP contribution < -0.4 is 5.73 Å². The number of nitrogens with two attached hydrogens (primary N) is 1. The fraction of sp³-hybridized carbons (Fsp3) is 0.500. The second-order valence-corrected chi connectivity index (χ2v) is 2.33. The van der Waals surface area contributed by atoms with Crippen LogP contribution in [0.3, 0.4) is 0 Å². The van der Waals surface area contributed by atoms with E-state index in [4.69, 9.17) is 10.8 Å². The van der Waals surface area contributed by atoms with Gasteiger partial charge in [0.2, 0.25) is 0 Å². The molecule has 0 bridgehead atoms. The summed E-state index contributed by atoms with van der Waals surface area (Å²) in [5.74, 6) is -1.58. The van der Waals surface area contributed by atoms with E-state index in [-0.39, 0.29) is 6.42 Å². The average molecular weight is 187 g/mol. The summed E-state index contributed by atoms with van der Waals surface area (Å²) in [5.41, 5.74) is 5.17. The number of aliphatic carboxylic acids is 1. The van der Waals surface area contributed by atoms with Crippen LogP contribution in [0.5, 0.6) is 0 Å². The van der Waals surface area contributed by atoms with E-state index in [1.807, 2.05) is 0 Å². The zero-order valence-electron chi connectivity index (χ0n) is 7.40. The van der Waals surface area contributed by atoms with Crippen molar-refractivity contribution in [2.45, 2.75) is 19.4 Å². The molecule has 0 radical (unpaired) electrons. The summed E-state index contributed by atoms with van der Waals surface area (Å²) in [4.78, 5) is 20.9. The van der Waals surface area contributed by atoms with Gasteiger partial charge in [-0.3, -0.25) is 4.79 Å². The molecule has 0 aromatic carbocycles. The molecule has 0 aliphatic rings. The van der Waals surface area contributed by atoms with Gasteiger partial charge in [-0.05, 0) is 13.3 Å². The molecule has 0 amide bonds. The van der Waals surface area contributed by atoms with Crippen molar-refractivity contribution in [1.82, 2.24) is 0 Å². The first-order chi connectivity index (χ1) is 6.07. The highest BCUT2D eigenvalue weighted by Gasteiger charge is 2.08. The van der Waals surface area contributed by atoms with Crippen LogP contribution in [0.15, 0.2) is 12.2 Å². The highest BCUT2D eigenvalue weighted by atomic mass is 16.5. The van der Waals surface area contributed by atoms with Crippen molar-refractivity contribution in [2.24, 2.45) is 5.73 Å². The number of rotatable bonds is 5. The molecule has 0 aromatic rings. The second-order valence-electron chi connectivity index (χ2n) is 2.33. The minimum atomic E-state index is -1.09. The Labute approximate surface area is 76.2 Å². The highest BCUT2D eigenvalue weighted by molar-refractivity contribution is 5.82. The molecule has 74 valence electrons. The fourth-order valence-electron chi connectivity index (χ4n) is 0.602. The summed E-state index contributed by atoms with van der Waals surface area (Å²) < 4.78 is 4.57. The Morgan fingerprint density at radius 1 is 1.62 bits per heavy atom. The van der Waals surface area contributed by atoms with Gasteiger partial charge in [0.05, 0.1) is 6.61 Å². The van der Waals surface area contributed by atoms with Crippen LogP contribution in [0, 0.1) is 0 Å². The predicted octanol–water partition coefficient (Wildman–Crippen LogP) is -0.0923. The molecule has 0 aromatic heterocycles. The second kappa shape index (κ2) is 6.19. The summed E-state index contributed by atoms with van der Waals surface area (Å²) in [6.07, 6.45) is 2.68. The van der Waals surface area contributed by atoms with E-state index in [1.54, 1.807) is 6.92 Å². The lowest BCUT2D eigenvalue weighted by molar-refractivity contribution is -0.139. The third-order valence-electron chi connectivity index (χ3n) is 1.25. The van der Waals surface area contributed by atoms with Gasteiger partial charge in [-0.25, -0.2) is 4.79 Å². The van der Waals surface area contributed by atoms with E-state index < -0.39 is 18.0 Å². The third-order valence-corrected chi connectivity index (χ3v) is 1.25. The van der Waals surface area contributed by atoms with Crippen LogP contribution in [0.25, 0.3) is 0 Å². The molecule has 13 heavy (non-hydrogen) atoms. The largest absolute Gasteiger partial charge is 0.480 e. The SMILES string of the molecule is CCOC(=O)/C=C/C[C@@H](N)C(=O)O. The summed E-state index contributed by atoms with van der Waals surface area (Å²) in [7, 11) is 0. The average Bonchev–Trinajstić information content (AvgIpc) is 2.04. The molecule has 1 atom stereocenters. The predicted molar refractivity (Wildman–Crippen MR) is 46.0 cm³/mol. The van der Waals surface area contributed by atoms with Crippen LogP contribution in [0.4, 0.5) is 0 Å². The Morgan fingerprint density at radius 3 is 2.69 bits per heavy atom. The van der Waals surface area contributed by atoms with E-state index in [9.17, 15) is 9.59 Å². The molecule has 0 saturated carbocycles. The molecule has 5 nitrogen and oxygen atoms in total. The Balaban J connectivity index is 3.74. The quantitative estimate of drug-likeness (QED) is 0.463. The van der Waals surface area contributed by atoms with Crippen molar-refractivity contribution < 1.29 is 19.4 Å². The first kappa shape index (κ1) is 11.6. The van der Waals surface area contributed by atoms with Crippen molar-refractivity contribution in [3.8, 4) is 0 Å². The lowest BCUT2D eigenvalue weighted by Gasteiger charge is -2.00. The lowest BCUT2D eigenvalue weighted by Crippen LogP contribution is -2.29. The van der Waals surface area contributed by atoms with E-state index in [1.165, 1.54) is 12.2 Å².